The van der Waals surface area contributed by atoms with Gasteiger partial charge < -0.3 is 30.5 Å². The SMILES string of the molecule is CCCCCCCCCCOC(=O)c1ccc(NN2CN(Nc3ccc(C(=O)OCCCCCCCCCC)cc3)CN(Nc3ccc(C(=O)OCCCCCCCCCC)cc3)C2)cc1. The van der Waals surface area contributed by atoms with Crippen molar-refractivity contribution in [3.63, 3.8) is 0 Å². The zero-order chi connectivity index (χ0) is 46.9. The summed E-state index contributed by atoms with van der Waals surface area (Å²) in [5.41, 5.74) is 14.5. The molecule has 1 aliphatic rings. The summed E-state index contributed by atoms with van der Waals surface area (Å²) in [6.07, 6.45) is 28.6. The van der Waals surface area contributed by atoms with Crippen LogP contribution in [0.4, 0.5) is 17.1 Å². The van der Waals surface area contributed by atoms with Crippen molar-refractivity contribution in [1.82, 2.24) is 15.0 Å². The minimum atomic E-state index is -0.307. The third kappa shape index (κ3) is 22.7. The Kier molecular flexibility index (Phi) is 27.6. The molecule has 12 nitrogen and oxygen atoms in total. The van der Waals surface area contributed by atoms with Gasteiger partial charge in [0.1, 0.15) is 0 Å². The highest BCUT2D eigenvalue weighted by Gasteiger charge is 2.25. The molecular formula is C54H84N6O6. The van der Waals surface area contributed by atoms with Crippen LogP contribution in [0.15, 0.2) is 72.8 Å². The van der Waals surface area contributed by atoms with E-state index in [1.54, 1.807) is 36.4 Å². The van der Waals surface area contributed by atoms with Crippen LogP contribution >= 0.6 is 0 Å². The van der Waals surface area contributed by atoms with Gasteiger partial charge in [0.2, 0.25) is 0 Å². The van der Waals surface area contributed by atoms with Crippen molar-refractivity contribution in [3.8, 4) is 0 Å². The number of hydrogen-bond donors (Lipinski definition) is 3. The second kappa shape index (κ2) is 33.8. The lowest BCUT2D eigenvalue weighted by molar-refractivity contribution is 0.0126. The van der Waals surface area contributed by atoms with Crippen molar-refractivity contribution < 1.29 is 28.6 Å². The van der Waals surface area contributed by atoms with Crippen LogP contribution in [0, 0.1) is 0 Å². The summed E-state index contributed by atoms with van der Waals surface area (Å²) >= 11 is 0. The number of benzene rings is 3. The van der Waals surface area contributed by atoms with Gasteiger partial charge in [-0.3, -0.25) is 0 Å². The van der Waals surface area contributed by atoms with Crippen LogP contribution in [0.3, 0.4) is 0 Å². The Morgan fingerprint density at radius 1 is 0.348 bits per heavy atom. The normalized spacial score (nSPS) is 13.3. The molecule has 366 valence electrons. The Morgan fingerprint density at radius 3 is 0.788 bits per heavy atom. The van der Waals surface area contributed by atoms with Crippen molar-refractivity contribution in [2.75, 3.05) is 56.1 Å². The first-order valence-electron chi connectivity index (χ1n) is 25.7. The number of nitrogens with zero attached hydrogens (tertiary/aromatic N) is 3. The van der Waals surface area contributed by atoms with Crippen LogP contribution < -0.4 is 16.3 Å². The molecule has 0 saturated carbocycles. The molecule has 0 atom stereocenters. The average Bonchev–Trinajstić information content (AvgIpc) is 3.33. The summed E-state index contributed by atoms with van der Waals surface area (Å²) in [6, 6.07) is 22.1. The molecule has 4 rings (SSSR count). The number of hydrogen-bond acceptors (Lipinski definition) is 12. The Balaban J connectivity index is 1.29. The molecule has 1 heterocycles. The highest BCUT2D eigenvalue weighted by Crippen LogP contribution is 2.20. The predicted octanol–water partition coefficient (Wildman–Crippen LogP) is 13.8. The maximum atomic E-state index is 12.8. The number of nitrogens with one attached hydrogen (secondary N) is 3. The molecule has 0 amide bonds. The van der Waals surface area contributed by atoms with Crippen LogP contribution in [-0.2, 0) is 14.2 Å². The Labute approximate surface area is 397 Å². The molecule has 3 N–H and O–H groups in total. The van der Waals surface area contributed by atoms with Crippen LogP contribution in [0.25, 0.3) is 0 Å². The third-order valence-corrected chi connectivity index (χ3v) is 11.9. The summed E-state index contributed by atoms with van der Waals surface area (Å²) in [5, 5.41) is 6.10. The van der Waals surface area contributed by atoms with Crippen LogP contribution in [0.2, 0.25) is 0 Å². The van der Waals surface area contributed by atoms with Gasteiger partial charge in [-0.15, -0.1) is 0 Å². The number of hydrazine groups is 3. The van der Waals surface area contributed by atoms with E-state index < -0.39 is 0 Å². The van der Waals surface area contributed by atoms with E-state index in [9.17, 15) is 14.4 Å². The fourth-order valence-corrected chi connectivity index (χ4v) is 8.01. The Bertz CT molecular complexity index is 1530. The lowest BCUT2D eigenvalue weighted by Gasteiger charge is -2.42. The number of anilines is 3. The standard InChI is InChI=1S/C54H84N6O6/c1-4-7-10-13-16-19-22-25-40-64-52(61)46-28-34-49(35-29-46)55-58-43-59(56-50-36-30-47(31-37-50)53(62)65-41-26-23-20-17-14-11-8-5-2)45-60(44-58)57-51-38-32-48(33-39-51)54(63)66-42-27-24-21-18-15-12-9-6-3/h28-39,55-57H,4-27,40-45H2,1-3H3. The molecule has 1 fully saturated rings. The average molecular weight is 913 g/mol. The van der Waals surface area contributed by atoms with E-state index in [0.29, 0.717) is 56.5 Å². The number of carbonyl (C=O) groups excluding carboxylic acids is 3. The van der Waals surface area contributed by atoms with Crippen molar-refractivity contribution in [2.45, 2.75) is 175 Å². The molecule has 0 bridgehead atoms. The molecule has 0 unspecified atom stereocenters. The van der Waals surface area contributed by atoms with E-state index in [2.05, 4.69) is 37.0 Å². The zero-order valence-electron chi connectivity index (χ0n) is 40.9. The first-order chi connectivity index (χ1) is 32.4. The molecule has 1 saturated heterocycles. The topological polar surface area (TPSA) is 125 Å². The third-order valence-electron chi connectivity index (χ3n) is 11.9. The van der Waals surface area contributed by atoms with Gasteiger partial charge in [-0.1, -0.05) is 156 Å². The van der Waals surface area contributed by atoms with Crippen molar-refractivity contribution in [3.05, 3.63) is 89.5 Å². The van der Waals surface area contributed by atoms with Gasteiger partial charge in [0.15, 0.2) is 0 Å². The van der Waals surface area contributed by atoms with E-state index in [4.69, 9.17) is 14.2 Å². The van der Waals surface area contributed by atoms with E-state index in [1.165, 1.54) is 116 Å². The molecule has 0 aliphatic carbocycles. The molecule has 3 aromatic carbocycles. The summed E-state index contributed by atoms with van der Waals surface area (Å²) in [7, 11) is 0. The smallest absolute Gasteiger partial charge is 0.338 e. The summed E-state index contributed by atoms with van der Waals surface area (Å²) < 4.78 is 16.7. The summed E-state index contributed by atoms with van der Waals surface area (Å²) in [6.45, 7) is 9.49. The van der Waals surface area contributed by atoms with Gasteiger partial charge in [0.05, 0.1) is 56.5 Å². The number of unbranched alkanes of at least 4 members (excludes halogenated alkanes) is 21. The first kappa shape index (κ1) is 54.0. The molecule has 0 spiro atoms. The predicted molar refractivity (Wildman–Crippen MR) is 269 cm³/mol. The molecule has 3 aromatic rings. The van der Waals surface area contributed by atoms with Crippen LogP contribution in [0.5, 0.6) is 0 Å². The quantitative estimate of drug-likeness (QED) is 0.0292. The molecular weight excluding hydrogens is 829 g/mol. The van der Waals surface area contributed by atoms with Crippen molar-refractivity contribution in [1.29, 1.82) is 0 Å². The number of esters is 3. The van der Waals surface area contributed by atoms with Gasteiger partial charge in [0, 0.05) is 17.1 Å². The first-order valence-corrected chi connectivity index (χ1v) is 25.7. The largest absolute Gasteiger partial charge is 0.462 e. The molecule has 1 aliphatic heterocycles. The van der Waals surface area contributed by atoms with Gasteiger partial charge >= 0.3 is 17.9 Å². The Morgan fingerprint density at radius 2 is 0.561 bits per heavy atom. The molecule has 0 aromatic heterocycles. The van der Waals surface area contributed by atoms with Crippen LogP contribution in [0.1, 0.15) is 206 Å². The van der Waals surface area contributed by atoms with Gasteiger partial charge in [-0.05, 0) is 92.1 Å². The minimum absolute atomic E-state index is 0.307. The molecule has 12 heteroatoms. The highest BCUT2D eigenvalue weighted by atomic mass is 16.5. The van der Waals surface area contributed by atoms with Gasteiger partial charge in [-0.25, -0.2) is 14.4 Å². The van der Waals surface area contributed by atoms with Crippen molar-refractivity contribution in [2.24, 2.45) is 0 Å². The van der Waals surface area contributed by atoms with Crippen LogP contribution in [-0.4, -0.2) is 72.8 Å². The number of rotatable bonds is 36. The van der Waals surface area contributed by atoms with Gasteiger partial charge in [-0.2, -0.15) is 15.0 Å². The maximum Gasteiger partial charge on any atom is 0.338 e. The minimum Gasteiger partial charge on any atom is -0.462 e. The van der Waals surface area contributed by atoms with E-state index >= 15 is 0 Å². The van der Waals surface area contributed by atoms with E-state index in [-0.39, 0.29) is 17.9 Å². The zero-order valence-corrected chi connectivity index (χ0v) is 40.9. The fourth-order valence-electron chi connectivity index (χ4n) is 8.01. The Hall–Kier alpha value is -4.65. The maximum absolute atomic E-state index is 12.8. The number of ether oxygens (including phenoxy) is 3. The number of carbonyl (C=O) groups is 3. The van der Waals surface area contributed by atoms with E-state index in [1.807, 2.05) is 51.4 Å². The summed E-state index contributed by atoms with van der Waals surface area (Å²) in [5.74, 6) is -0.920. The lowest BCUT2D eigenvalue weighted by atomic mass is 10.1. The van der Waals surface area contributed by atoms with E-state index in [0.717, 1.165) is 55.6 Å². The molecule has 66 heavy (non-hydrogen) atoms. The second-order valence-electron chi connectivity index (χ2n) is 17.9. The van der Waals surface area contributed by atoms with Gasteiger partial charge in [0.25, 0.3) is 0 Å². The van der Waals surface area contributed by atoms with Crippen molar-refractivity contribution >= 4 is 35.0 Å². The monoisotopic (exact) mass is 913 g/mol. The second-order valence-corrected chi connectivity index (χ2v) is 17.9. The fraction of sp³-hybridized carbons (Fsp3) is 0.611. The lowest BCUT2D eigenvalue weighted by Crippen LogP contribution is -2.59. The summed E-state index contributed by atoms with van der Waals surface area (Å²) in [4.78, 5) is 38.4. The molecule has 0 radical (unpaired) electrons. The highest BCUT2D eigenvalue weighted by molar-refractivity contribution is 5.90.